The highest BCUT2D eigenvalue weighted by molar-refractivity contribution is 8.00. The van der Waals surface area contributed by atoms with E-state index < -0.39 is 0 Å². The summed E-state index contributed by atoms with van der Waals surface area (Å²) in [6.07, 6.45) is 4.68. The Bertz CT molecular complexity index is 983. The van der Waals surface area contributed by atoms with Gasteiger partial charge in [-0.2, -0.15) is 5.10 Å². The second-order valence-corrected chi connectivity index (χ2v) is 7.06. The number of benzene rings is 1. The molecule has 0 bridgehead atoms. The SMILES string of the molecule is Cn1ncc2c(SCC(=O)c3ccc(N4CCCC4=O)cc3)ncnc21. The molecule has 2 aromatic heterocycles. The van der Waals surface area contributed by atoms with E-state index in [1.54, 1.807) is 27.9 Å². The Balaban J connectivity index is 1.45. The van der Waals surface area contributed by atoms with Gasteiger partial charge in [-0.05, 0) is 30.7 Å². The first-order chi connectivity index (χ1) is 12.6. The van der Waals surface area contributed by atoms with Gasteiger partial charge in [-0.1, -0.05) is 11.8 Å². The van der Waals surface area contributed by atoms with E-state index in [0.29, 0.717) is 12.0 Å². The van der Waals surface area contributed by atoms with Gasteiger partial charge in [0, 0.05) is 31.3 Å². The second kappa shape index (κ2) is 6.87. The number of aromatic nitrogens is 4. The van der Waals surface area contributed by atoms with Crippen LogP contribution in [0.3, 0.4) is 0 Å². The average Bonchev–Trinajstić information content (AvgIpc) is 3.26. The second-order valence-electron chi connectivity index (χ2n) is 6.09. The number of amides is 1. The molecule has 1 aliphatic heterocycles. The predicted octanol–water partition coefficient (Wildman–Crippen LogP) is 2.47. The van der Waals surface area contributed by atoms with Crippen LogP contribution in [0.1, 0.15) is 23.2 Å². The Morgan fingerprint density at radius 3 is 2.77 bits per heavy atom. The minimum Gasteiger partial charge on any atom is -0.312 e. The molecule has 0 unspecified atom stereocenters. The zero-order valence-corrected chi connectivity index (χ0v) is 15.1. The number of ketones is 1. The number of rotatable bonds is 5. The van der Waals surface area contributed by atoms with Crippen LogP contribution < -0.4 is 4.90 Å². The van der Waals surface area contributed by atoms with Crippen molar-refractivity contribution in [3.05, 3.63) is 42.4 Å². The maximum Gasteiger partial charge on any atom is 0.227 e. The van der Waals surface area contributed by atoms with Crippen molar-refractivity contribution in [3.8, 4) is 0 Å². The van der Waals surface area contributed by atoms with Crippen LogP contribution in [-0.2, 0) is 11.8 Å². The van der Waals surface area contributed by atoms with Crippen LogP contribution in [0.15, 0.2) is 41.8 Å². The Morgan fingerprint density at radius 1 is 1.23 bits per heavy atom. The molecular formula is C18H17N5O2S. The molecule has 3 aromatic rings. The molecule has 1 fully saturated rings. The van der Waals surface area contributed by atoms with Crippen molar-refractivity contribution < 1.29 is 9.59 Å². The molecule has 0 spiro atoms. The summed E-state index contributed by atoms with van der Waals surface area (Å²) in [5, 5.41) is 5.77. The fraction of sp³-hybridized carbons (Fsp3) is 0.278. The third kappa shape index (κ3) is 3.08. The number of carbonyl (C=O) groups excluding carboxylic acids is 2. The molecule has 8 heteroatoms. The van der Waals surface area contributed by atoms with E-state index in [0.717, 1.165) is 34.7 Å². The highest BCUT2D eigenvalue weighted by atomic mass is 32.2. The number of aryl methyl sites for hydroxylation is 1. The number of nitrogens with zero attached hydrogens (tertiary/aromatic N) is 5. The third-order valence-electron chi connectivity index (χ3n) is 4.41. The molecule has 132 valence electrons. The molecular weight excluding hydrogens is 350 g/mol. The van der Waals surface area contributed by atoms with Crippen LogP contribution in [0, 0.1) is 0 Å². The van der Waals surface area contributed by atoms with Gasteiger partial charge in [0.25, 0.3) is 0 Å². The zero-order valence-electron chi connectivity index (χ0n) is 14.3. The van der Waals surface area contributed by atoms with Crippen LogP contribution in [0.4, 0.5) is 5.69 Å². The van der Waals surface area contributed by atoms with Crippen molar-refractivity contribution in [1.82, 2.24) is 19.7 Å². The number of Topliss-reactive ketones (excluding diaryl/α,β-unsaturated/α-hetero) is 1. The van der Waals surface area contributed by atoms with E-state index in [9.17, 15) is 9.59 Å². The first-order valence-corrected chi connectivity index (χ1v) is 9.31. The van der Waals surface area contributed by atoms with Gasteiger partial charge < -0.3 is 4.90 Å². The number of carbonyl (C=O) groups is 2. The third-order valence-corrected chi connectivity index (χ3v) is 5.41. The molecule has 1 aliphatic rings. The number of anilines is 1. The Kier molecular flexibility index (Phi) is 4.42. The van der Waals surface area contributed by atoms with Gasteiger partial charge in [-0.15, -0.1) is 0 Å². The van der Waals surface area contributed by atoms with Crippen molar-refractivity contribution in [2.45, 2.75) is 17.9 Å². The first-order valence-electron chi connectivity index (χ1n) is 8.32. The van der Waals surface area contributed by atoms with Crippen LogP contribution in [-0.4, -0.2) is 43.7 Å². The standard InChI is InChI=1S/C18H17N5O2S/c1-22-17-14(9-21-22)18(20-11-19-17)26-10-15(24)12-4-6-13(7-5-12)23-8-2-3-16(23)25/h4-7,9,11H,2-3,8,10H2,1H3. The van der Waals surface area contributed by atoms with Gasteiger partial charge in [0.2, 0.25) is 5.91 Å². The van der Waals surface area contributed by atoms with Crippen molar-refractivity contribution in [2.24, 2.45) is 7.05 Å². The molecule has 0 radical (unpaired) electrons. The maximum atomic E-state index is 12.5. The van der Waals surface area contributed by atoms with Crippen LogP contribution in [0.2, 0.25) is 0 Å². The van der Waals surface area contributed by atoms with Gasteiger partial charge in [0.05, 0.1) is 17.3 Å². The summed E-state index contributed by atoms with van der Waals surface area (Å²) in [5.74, 6) is 0.442. The lowest BCUT2D eigenvalue weighted by molar-refractivity contribution is -0.117. The molecule has 4 rings (SSSR count). The summed E-state index contributed by atoms with van der Waals surface area (Å²) in [4.78, 5) is 34.5. The Labute approximate surface area is 154 Å². The van der Waals surface area contributed by atoms with E-state index in [1.165, 1.54) is 18.1 Å². The van der Waals surface area contributed by atoms with Gasteiger partial charge in [0.15, 0.2) is 11.4 Å². The molecule has 3 heterocycles. The summed E-state index contributed by atoms with van der Waals surface area (Å²) in [7, 11) is 1.82. The number of hydrogen-bond donors (Lipinski definition) is 0. The molecule has 0 N–H and O–H groups in total. The minimum atomic E-state index is 0.0185. The van der Waals surface area contributed by atoms with Gasteiger partial charge in [0.1, 0.15) is 11.4 Å². The van der Waals surface area contributed by atoms with Gasteiger partial charge in [-0.25, -0.2) is 9.97 Å². The van der Waals surface area contributed by atoms with Crippen LogP contribution in [0.5, 0.6) is 0 Å². The van der Waals surface area contributed by atoms with E-state index >= 15 is 0 Å². The number of fused-ring (bicyclic) bond motifs is 1. The highest BCUT2D eigenvalue weighted by Crippen LogP contribution is 2.26. The average molecular weight is 367 g/mol. The molecule has 1 aromatic carbocycles. The molecule has 1 saturated heterocycles. The minimum absolute atomic E-state index is 0.0185. The summed E-state index contributed by atoms with van der Waals surface area (Å²) in [6, 6.07) is 7.24. The lowest BCUT2D eigenvalue weighted by Gasteiger charge is -2.15. The van der Waals surface area contributed by atoms with E-state index in [4.69, 9.17) is 0 Å². The van der Waals surface area contributed by atoms with E-state index in [2.05, 4.69) is 15.1 Å². The van der Waals surface area contributed by atoms with Crippen molar-refractivity contribution in [3.63, 3.8) is 0 Å². The topological polar surface area (TPSA) is 81.0 Å². The van der Waals surface area contributed by atoms with Crippen LogP contribution in [0.25, 0.3) is 11.0 Å². The van der Waals surface area contributed by atoms with Crippen molar-refractivity contribution >= 4 is 40.2 Å². The number of thioether (sulfide) groups is 1. The van der Waals surface area contributed by atoms with Gasteiger partial charge >= 0.3 is 0 Å². The summed E-state index contributed by atoms with van der Waals surface area (Å²) in [5.41, 5.74) is 2.23. The maximum absolute atomic E-state index is 12.5. The molecule has 7 nitrogen and oxygen atoms in total. The predicted molar refractivity (Wildman–Crippen MR) is 99.4 cm³/mol. The van der Waals surface area contributed by atoms with Crippen molar-refractivity contribution in [1.29, 1.82) is 0 Å². The fourth-order valence-corrected chi connectivity index (χ4v) is 3.88. The first kappa shape index (κ1) is 16.7. The summed E-state index contributed by atoms with van der Waals surface area (Å²) >= 11 is 1.38. The van der Waals surface area contributed by atoms with Crippen molar-refractivity contribution in [2.75, 3.05) is 17.2 Å². The summed E-state index contributed by atoms with van der Waals surface area (Å²) in [6.45, 7) is 0.747. The lowest BCUT2D eigenvalue weighted by atomic mass is 10.1. The van der Waals surface area contributed by atoms with Crippen LogP contribution >= 0.6 is 11.8 Å². The quantitative estimate of drug-likeness (QED) is 0.391. The molecule has 0 saturated carbocycles. The lowest BCUT2D eigenvalue weighted by Crippen LogP contribution is -2.23. The van der Waals surface area contributed by atoms with Gasteiger partial charge in [-0.3, -0.25) is 14.3 Å². The molecule has 26 heavy (non-hydrogen) atoms. The van der Waals surface area contributed by atoms with E-state index in [1.807, 2.05) is 19.2 Å². The molecule has 0 aliphatic carbocycles. The smallest absolute Gasteiger partial charge is 0.227 e. The number of hydrogen-bond acceptors (Lipinski definition) is 6. The summed E-state index contributed by atoms with van der Waals surface area (Å²) < 4.78 is 1.68. The van der Waals surface area contributed by atoms with E-state index in [-0.39, 0.29) is 17.4 Å². The fourth-order valence-electron chi connectivity index (χ4n) is 3.02. The normalized spacial score (nSPS) is 14.3. The molecule has 0 atom stereocenters. The Hall–Kier alpha value is -2.74. The molecule has 1 amide bonds. The Morgan fingerprint density at radius 2 is 2.04 bits per heavy atom. The highest BCUT2D eigenvalue weighted by Gasteiger charge is 2.21. The largest absolute Gasteiger partial charge is 0.312 e. The zero-order chi connectivity index (χ0) is 18.1. The monoisotopic (exact) mass is 367 g/mol.